The van der Waals surface area contributed by atoms with Crippen LogP contribution in [-0.2, 0) is 9.59 Å². The highest BCUT2D eigenvalue weighted by atomic mass is 32.2. The first-order valence-corrected chi connectivity index (χ1v) is 7.89. The van der Waals surface area contributed by atoms with E-state index in [0.29, 0.717) is 0 Å². The molecule has 20 heavy (non-hydrogen) atoms. The normalized spacial score (nSPS) is 22.1. The molecule has 2 heterocycles. The maximum atomic E-state index is 12.4. The summed E-state index contributed by atoms with van der Waals surface area (Å²) in [5.74, 6) is 0.0889. The molecule has 0 saturated carbocycles. The minimum absolute atomic E-state index is 0.0289. The Morgan fingerprint density at radius 3 is 2.75 bits per heavy atom. The van der Waals surface area contributed by atoms with Crippen molar-refractivity contribution in [3.63, 3.8) is 0 Å². The van der Waals surface area contributed by atoms with E-state index in [1.54, 1.807) is 16.7 Å². The van der Waals surface area contributed by atoms with E-state index in [4.69, 9.17) is 0 Å². The Morgan fingerprint density at radius 2 is 2.00 bits per heavy atom. The second kappa shape index (κ2) is 5.48. The van der Waals surface area contributed by atoms with Crippen LogP contribution >= 0.6 is 11.8 Å². The minimum Gasteiger partial charge on any atom is -0.341 e. The maximum Gasteiger partial charge on any atom is 0.242 e. The minimum atomic E-state index is -0.128. The third-order valence-electron chi connectivity index (χ3n) is 3.83. The topological polar surface area (TPSA) is 40.6 Å². The summed E-state index contributed by atoms with van der Waals surface area (Å²) >= 11 is 1.57. The van der Waals surface area contributed by atoms with Gasteiger partial charge in [-0.1, -0.05) is 12.1 Å². The van der Waals surface area contributed by atoms with E-state index < -0.39 is 0 Å². The number of hydrogen-bond acceptors (Lipinski definition) is 3. The Bertz CT molecular complexity index is 540. The second-order valence-electron chi connectivity index (χ2n) is 5.24. The van der Waals surface area contributed by atoms with Crippen molar-refractivity contribution in [2.24, 2.45) is 0 Å². The smallest absolute Gasteiger partial charge is 0.242 e. The zero-order valence-corrected chi connectivity index (χ0v) is 12.4. The van der Waals surface area contributed by atoms with Gasteiger partial charge in [0.25, 0.3) is 0 Å². The number of amides is 2. The van der Waals surface area contributed by atoms with Crippen LogP contribution in [0.15, 0.2) is 29.2 Å². The third-order valence-corrected chi connectivity index (χ3v) is 4.98. The summed E-state index contributed by atoms with van der Waals surface area (Å²) in [6.45, 7) is 3.72. The fourth-order valence-corrected chi connectivity index (χ4v) is 3.79. The van der Waals surface area contributed by atoms with E-state index in [1.807, 2.05) is 36.1 Å². The van der Waals surface area contributed by atoms with E-state index in [2.05, 4.69) is 0 Å². The monoisotopic (exact) mass is 290 g/mol. The fraction of sp³-hybridized carbons (Fsp3) is 0.467. The first kappa shape index (κ1) is 13.5. The summed E-state index contributed by atoms with van der Waals surface area (Å²) in [6, 6.07) is 7.81. The number of carbonyl (C=O) groups excluding carboxylic acids is 2. The van der Waals surface area contributed by atoms with Gasteiger partial charge in [-0.15, -0.1) is 11.8 Å². The number of carbonyl (C=O) groups is 2. The van der Waals surface area contributed by atoms with Crippen molar-refractivity contribution in [1.82, 2.24) is 4.90 Å². The molecule has 2 aliphatic heterocycles. The summed E-state index contributed by atoms with van der Waals surface area (Å²) in [6.07, 6.45) is 2.14. The van der Waals surface area contributed by atoms with Crippen molar-refractivity contribution in [3.05, 3.63) is 24.3 Å². The van der Waals surface area contributed by atoms with Crippen LogP contribution in [0.1, 0.15) is 19.8 Å². The van der Waals surface area contributed by atoms with Gasteiger partial charge in [-0.05, 0) is 31.9 Å². The molecule has 0 unspecified atom stereocenters. The molecule has 106 valence electrons. The lowest BCUT2D eigenvalue weighted by Gasteiger charge is -2.32. The van der Waals surface area contributed by atoms with E-state index >= 15 is 0 Å². The molecule has 0 bridgehead atoms. The van der Waals surface area contributed by atoms with Crippen molar-refractivity contribution in [2.45, 2.75) is 29.9 Å². The zero-order chi connectivity index (χ0) is 14.1. The molecule has 0 aromatic heterocycles. The Kier molecular flexibility index (Phi) is 3.70. The Hall–Kier alpha value is -1.49. The van der Waals surface area contributed by atoms with Gasteiger partial charge in [-0.25, -0.2) is 0 Å². The van der Waals surface area contributed by atoms with E-state index in [-0.39, 0.29) is 23.6 Å². The molecule has 1 aromatic rings. The number of hydrogen-bond donors (Lipinski definition) is 0. The number of likely N-dealkylation sites (tertiary alicyclic amines) is 1. The van der Waals surface area contributed by atoms with Gasteiger partial charge in [0, 0.05) is 18.0 Å². The summed E-state index contributed by atoms with van der Waals surface area (Å²) in [7, 11) is 0. The summed E-state index contributed by atoms with van der Waals surface area (Å²) < 4.78 is 0. The van der Waals surface area contributed by atoms with Gasteiger partial charge >= 0.3 is 0 Å². The van der Waals surface area contributed by atoms with Crippen molar-refractivity contribution in [2.75, 3.05) is 24.5 Å². The lowest BCUT2D eigenvalue weighted by molar-refractivity contribution is -0.130. The molecule has 0 spiro atoms. The first-order chi connectivity index (χ1) is 9.66. The molecule has 1 fully saturated rings. The molecular weight excluding hydrogens is 272 g/mol. The molecule has 1 aromatic carbocycles. The van der Waals surface area contributed by atoms with Crippen LogP contribution in [0.5, 0.6) is 0 Å². The number of para-hydroxylation sites is 1. The lowest BCUT2D eigenvalue weighted by Crippen LogP contribution is -2.46. The molecule has 1 saturated heterocycles. The number of rotatable bonds is 2. The molecule has 1 atom stereocenters. The Morgan fingerprint density at radius 1 is 1.30 bits per heavy atom. The van der Waals surface area contributed by atoms with Crippen molar-refractivity contribution < 1.29 is 9.59 Å². The number of anilines is 1. The fourth-order valence-electron chi connectivity index (χ4n) is 2.72. The molecule has 0 radical (unpaired) electrons. The van der Waals surface area contributed by atoms with Gasteiger partial charge in [0.2, 0.25) is 11.8 Å². The quantitative estimate of drug-likeness (QED) is 0.838. The molecular formula is C15H18N2O2S. The van der Waals surface area contributed by atoms with Crippen molar-refractivity contribution in [3.8, 4) is 0 Å². The first-order valence-electron chi connectivity index (χ1n) is 7.01. The molecule has 0 aliphatic carbocycles. The van der Waals surface area contributed by atoms with Crippen LogP contribution in [0.3, 0.4) is 0 Å². The van der Waals surface area contributed by atoms with Gasteiger partial charge in [-0.3, -0.25) is 9.59 Å². The highest BCUT2D eigenvalue weighted by molar-refractivity contribution is 8.00. The van der Waals surface area contributed by atoms with E-state index in [9.17, 15) is 9.59 Å². The highest BCUT2D eigenvalue weighted by Gasteiger charge is 2.32. The predicted octanol–water partition coefficient (Wildman–Crippen LogP) is 2.14. The molecule has 4 nitrogen and oxygen atoms in total. The van der Waals surface area contributed by atoms with E-state index in [0.717, 1.165) is 36.5 Å². The summed E-state index contributed by atoms with van der Waals surface area (Å²) in [5, 5.41) is -0.128. The van der Waals surface area contributed by atoms with Gasteiger partial charge in [-0.2, -0.15) is 0 Å². The number of fused-ring (bicyclic) bond motifs is 1. The number of benzene rings is 1. The van der Waals surface area contributed by atoms with Crippen LogP contribution in [0.4, 0.5) is 5.69 Å². The lowest BCUT2D eigenvalue weighted by atomic mass is 10.2. The third kappa shape index (κ3) is 2.42. The van der Waals surface area contributed by atoms with Crippen molar-refractivity contribution >= 4 is 29.3 Å². The molecule has 2 amide bonds. The summed E-state index contributed by atoms with van der Waals surface area (Å²) in [4.78, 5) is 29.3. The van der Waals surface area contributed by atoms with Crippen LogP contribution in [0.2, 0.25) is 0 Å². The number of nitrogens with zero attached hydrogens (tertiary/aromatic N) is 2. The average molecular weight is 290 g/mol. The Balaban J connectivity index is 1.83. The van der Waals surface area contributed by atoms with Crippen LogP contribution in [0.25, 0.3) is 0 Å². The Labute approximate surface area is 123 Å². The van der Waals surface area contributed by atoms with E-state index in [1.165, 1.54) is 0 Å². The SMILES string of the molecule is C[C@H]1Sc2ccccc2N(CC(=O)N2CCCC2)C1=O. The highest BCUT2D eigenvalue weighted by Crippen LogP contribution is 2.38. The standard InChI is InChI=1S/C15H18N2O2S/c1-11-15(19)17(10-14(18)16-8-4-5-9-16)12-6-2-3-7-13(12)20-11/h2-3,6-7,11H,4-5,8-10H2,1H3/t11-/m1/s1. The van der Waals surface area contributed by atoms with Gasteiger partial charge in [0.05, 0.1) is 10.9 Å². The molecule has 0 N–H and O–H groups in total. The van der Waals surface area contributed by atoms with Gasteiger partial charge in [0.15, 0.2) is 0 Å². The van der Waals surface area contributed by atoms with Crippen molar-refractivity contribution in [1.29, 1.82) is 0 Å². The van der Waals surface area contributed by atoms with Crippen LogP contribution in [0, 0.1) is 0 Å². The molecule has 2 aliphatic rings. The van der Waals surface area contributed by atoms with Crippen LogP contribution < -0.4 is 4.90 Å². The molecule has 5 heteroatoms. The summed E-state index contributed by atoms with van der Waals surface area (Å²) in [5.41, 5.74) is 0.869. The van der Waals surface area contributed by atoms with Gasteiger partial charge < -0.3 is 9.80 Å². The molecule has 3 rings (SSSR count). The average Bonchev–Trinajstić information content (AvgIpc) is 2.98. The van der Waals surface area contributed by atoms with Gasteiger partial charge in [0.1, 0.15) is 6.54 Å². The maximum absolute atomic E-state index is 12.4. The second-order valence-corrected chi connectivity index (χ2v) is 6.62. The largest absolute Gasteiger partial charge is 0.341 e. The zero-order valence-electron chi connectivity index (χ0n) is 11.5. The number of thioether (sulfide) groups is 1. The predicted molar refractivity (Wildman–Crippen MR) is 79.9 cm³/mol. The van der Waals surface area contributed by atoms with Crippen LogP contribution in [-0.4, -0.2) is 41.6 Å².